The lowest BCUT2D eigenvalue weighted by atomic mass is 10.1. The molecule has 6 nitrogen and oxygen atoms in total. The van der Waals surface area contributed by atoms with Gasteiger partial charge in [0.1, 0.15) is 23.7 Å². The molecule has 0 aliphatic carbocycles. The van der Waals surface area contributed by atoms with Crippen molar-refractivity contribution >= 4 is 0 Å². The van der Waals surface area contributed by atoms with Gasteiger partial charge < -0.3 is 14.6 Å². The first kappa shape index (κ1) is 17.1. The third-order valence-corrected chi connectivity index (χ3v) is 3.92. The number of rotatable bonds is 7. The van der Waals surface area contributed by atoms with Crippen LogP contribution < -0.4 is 10.1 Å². The van der Waals surface area contributed by atoms with Crippen LogP contribution in [-0.4, -0.2) is 19.7 Å². The van der Waals surface area contributed by atoms with E-state index in [0.29, 0.717) is 12.6 Å². The van der Waals surface area contributed by atoms with Crippen LogP contribution in [0.15, 0.2) is 49.1 Å². The zero-order chi connectivity index (χ0) is 17.6. The van der Waals surface area contributed by atoms with Crippen molar-refractivity contribution in [2.45, 2.75) is 39.9 Å². The Labute approximate surface area is 147 Å². The third-order valence-electron chi connectivity index (χ3n) is 3.92. The highest BCUT2D eigenvalue weighted by Crippen LogP contribution is 2.25. The molecular formula is C19H23N5O. The standard InChI is InChI=1S/C19H23N5O/c1-14(2)24-13-22-23-19(24)12-21-10-16-6-7-18(15(3)9-16)25-17-5-4-8-20-11-17/h4-9,11,13-14,21H,10,12H2,1-3H3. The van der Waals surface area contributed by atoms with Gasteiger partial charge in [0.15, 0.2) is 0 Å². The Morgan fingerprint density at radius 1 is 1.20 bits per heavy atom. The Bertz CT molecular complexity index is 814. The van der Waals surface area contributed by atoms with Crippen molar-refractivity contribution < 1.29 is 4.74 Å². The number of aromatic nitrogens is 4. The summed E-state index contributed by atoms with van der Waals surface area (Å²) in [7, 11) is 0. The summed E-state index contributed by atoms with van der Waals surface area (Å²) < 4.78 is 7.94. The zero-order valence-electron chi connectivity index (χ0n) is 14.8. The van der Waals surface area contributed by atoms with Crippen molar-refractivity contribution in [2.24, 2.45) is 0 Å². The number of nitrogens with one attached hydrogen (secondary N) is 1. The lowest BCUT2D eigenvalue weighted by Gasteiger charge is -2.12. The van der Waals surface area contributed by atoms with E-state index < -0.39 is 0 Å². The molecule has 0 unspecified atom stereocenters. The van der Waals surface area contributed by atoms with Crippen molar-refractivity contribution in [1.29, 1.82) is 0 Å². The van der Waals surface area contributed by atoms with Crippen LogP contribution >= 0.6 is 0 Å². The summed E-state index contributed by atoms with van der Waals surface area (Å²) in [6.45, 7) is 7.74. The second-order valence-corrected chi connectivity index (χ2v) is 6.24. The number of ether oxygens (including phenoxy) is 1. The largest absolute Gasteiger partial charge is 0.455 e. The molecule has 3 rings (SSSR count). The highest BCUT2D eigenvalue weighted by atomic mass is 16.5. The zero-order valence-corrected chi connectivity index (χ0v) is 14.8. The molecule has 0 aliphatic rings. The summed E-state index contributed by atoms with van der Waals surface area (Å²) in [6.07, 6.45) is 5.21. The molecule has 0 saturated heterocycles. The number of aryl methyl sites for hydroxylation is 1. The van der Waals surface area contributed by atoms with Gasteiger partial charge in [0, 0.05) is 18.8 Å². The molecule has 6 heteroatoms. The van der Waals surface area contributed by atoms with Crippen LogP contribution in [0.25, 0.3) is 0 Å². The van der Waals surface area contributed by atoms with Crippen LogP contribution in [0.4, 0.5) is 0 Å². The summed E-state index contributed by atoms with van der Waals surface area (Å²) in [6, 6.07) is 10.3. The minimum atomic E-state index is 0.359. The molecule has 130 valence electrons. The molecule has 0 radical (unpaired) electrons. The van der Waals surface area contributed by atoms with Crippen LogP contribution in [0.1, 0.15) is 36.8 Å². The van der Waals surface area contributed by atoms with E-state index >= 15 is 0 Å². The quantitative estimate of drug-likeness (QED) is 0.713. The van der Waals surface area contributed by atoms with E-state index in [1.807, 2.05) is 25.1 Å². The topological polar surface area (TPSA) is 64.9 Å². The van der Waals surface area contributed by atoms with Gasteiger partial charge in [0.25, 0.3) is 0 Å². The SMILES string of the molecule is Cc1cc(CNCc2nncn2C(C)C)ccc1Oc1cccnc1. The molecule has 1 N–H and O–H groups in total. The molecule has 1 aromatic carbocycles. The van der Waals surface area contributed by atoms with Crippen molar-refractivity contribution in [1.82, 2.24) is 25.1 Å². The summed E-state index contributed by atoms with van der Waals surface area (Å²) in [5, 5.41) is 11.6. The molecule has 3 aromatic rings. The lowest BCUT2D eigenvalue weighted by molar-refractivity contribution is 0.476. The maximum absolute atomic E-state index is 5.87. The van der Waals surface area contributed by atoms with Gasteiger partial charge >= 0.3 is 0 Å². The van der Waals surface area contributed by atoms with Gasteiger partial charge in [0.2, 0.25) is 0 Å². The summed E-state index contributed by atoms with van der Waals surface area (Å²) in [4.78, 5) is 4.06. The second-order valence-electron chi connectivity index (χ2n) is 6.24. The van der Waals surface area contributed by atoms with Crippen molar-refractivity contribution in [2.75, 3.05) is 0 Å². The van der Waals surface area contributed by atoms with Crippen molar-refractivity contribution in [3.05, 3.63) is 66.0 Å². The second kappa shape index (κ2) is 7.90. The summed E-state index contributed by atoms with van der Waals surface area (Å²) >= 11 is 0. The monoisotopic (exact) mass is 337 g/mol. The number of nitrogens with zero attached hydrogens (tertiary/aromatic N) is 4. The van der Waals surface area contributed by atoms with E-state index in [4.69, 9.17) is 4.74 Å². The summed E-state index contributed by atoms with van der Waals surface area (Å²) in [5.74, 6) is 2.53. The fourth-order valence-corrected chi connectivity index (χ4v) is 2.61. The highest BCUT2D eigenvalue weighted by Gasteiger charge is 2.07. The first-order valence-electron chi connectivity index (χ1n) is 8.40. The minimum absolute atomic E-state index is 0.359. The van der Waals surface area contributed by atoms with E-state index in [1.165, 1.54) is 5.56 Å². The first-order chi connectivity index (χ1) is 12.1. The molecule has 0 spiro atoms. The van der Waals surface area contributed by atoms with Gasteiger partial charge in [-0.05, 0) is 50.1 Å². The van der Waals surface area contributed by atoms with E-state index in [1.54, 1.807) is 18.7 Å². The fourth-order valence-electron chi connectivity index (χ4n) is 2.61. The molecule has 2 heterocycles. The number of hydrogen-bond acceptors (Lipinski definition) is 5. The fraction of sp³-hybridized carbons (Fsp3) is 0.316. The Kier molecular flexibility index (Phi) is 5.40. The van der Waals surface area contributed by atoms with Gasteiger partial charge in [-0.2, -0.15) is 0 Å². The van der Waals surface area contributed by atoms with Crippen LogP contribution in [-0.2, 0) is 13.1 Å². The van der Waals surface area contributed by atoms with Gasteiger partial charge in [-0.15, -0.1) is 10.2 Å². The first-order valence-corrected chi connectivity index (χ1v) is 8.40. The van der Waals surface area contributed by atoms with E-state index in [-0.39, 0.29) is 0 Å². The smallest absolute Gasteiger partial charge is 0.147 e. The average molecular weight is 337 g/mol. The molecule has 0 fully saturated rings. The average Bonchev–Trinajstić information content (AvgIpc) is 3.07. The Balaban J connectivity index is 1.58. The highest BCUT2D eigenvalue weighted by molar-refractivity contribution is 5.39. The van der Waals surface area contributed by atoms with Gasteiger partial charge in [0.05, 0.1) is 12.7 Å². The third kappa shape index (κ3) is 4.42. The van der Waals surface area contributed by atoms with E-state index in [2.05, 4.69) is 51.0 Å². The van der Waals surface area contributed by atoms with Gasteiger partial charge in [-0.3, -0.25) is 4.98 Å². The maximum Gasteiger partial charge on any atom is 0.147 e. The van der Waals surface area contributed by atoms with Crippen molar-refractivity contribution in [3.8, 4) is 11.5 Å². The predicted octanol–water partition coefficient (Wildman–Crippen LogP) is 3.64. The van der Waals surface area contributed by atoms with Crippen LogP contribution in [0.2, 0.25) is 0 Å². The molecule has 0 bridgehead atoms. The number of pyridine rings is 1. The van der Waals surface area contributed by atoms with E-state index in [9.17, 15) is 0 Å². The molecule has 2 aromatic heterocycles. The van der Waals surface area contributed by atoms with Crippen LogP contribution in [0, 0.1) is 6.92 Å². The molecule has 0 aliphatic heterocycles. The van der Waals surface area contributed by atoms with Crippen LogP contribution in [0.5, 0.6) is 11.5 Å². The molecule has 0 atom stereocenters. The number of benzene rings is 1. The molecule has 0 amide bonds. The Morgan fingerprint density at radius 3 is 2.80 bits per heavy atom. The minimum Gasteiger partial charge on any atom is -0.455 e. The predicted molar refractivity (Wildman–Crippen MR) is 96.4 cm³/mol. The Hall–Kier alpha value is -2.73. The molecule has 25 heavy (non-hydrogen) atoms. The van der Waals surface area contributed by atoms with Crippen molar-refractivity contribution in [3.63, 3.8) is 0 Å². The van der Waals surface area contributed by atoms with E-state index in [0.717, 1.165) is 29.4 Å². The Morgan fingerprint density at radius 2 is 2.08 bits per heavy atom. The number of hydrogen-bond donors (Lipinski definition) is 1. The van der Waals surface area contributed by atoms with Crippen LogP contribution in [0.3, 0.4) is 0 Å². The maximum atomic E-state index is 5.87. The molecule has 0 saturated carbocycles. The summed E-state index contributed by atoms with van der Waals surface area (Å²) in [5.41, 5.74) is 2.29. The lowest BCUT2D eigenvalue weighted by Crippen LogP contribution is -2.17. The molecular weight excluding hydrogens is 314 g/mol. The van der Waals surface area contributed by atoms with Gasteiger partial charge in [-0.25, -0.2) is 0 Å². The normalized spacial score (nSPS) is 11.0. The van der Waals surface area contributed by atoms with Gasteiger partial charge in [-0.1, -0.05) is 12.1 Å².